The van der Waals surface area contributed by atoms with Gasteiger partial charge in [-0.15, -0.1) is 0 Å². The molecule has 0 amide bonds. The summed E-state index contributed by atoms with van der Waals surface area (Å²) in [4.78, 5) is 8.17. The minimum absolute atomic E-state index is 0.578. The van der Waals surface area contributed by atoms with Gasteiger partial charge in [-0.05, 0) is 34.7 Å². The van der Waals surface area contributed by atoms with E-state index in [2.05, 4.69) is 36.6 Å². The summed E-state index contributed by atoms with van der Waals surface area (Å²) in [7, 11) is 0. The lowest BCUT2D eigenvalue weighted by Crippen LogP contribution is -2.23. The smallest absolute Gasteiger partial charge is 0.159 e. The number of nitrogens with zero attached hydrogens (tertiary/aromatic N) is 2. The van der Waals surface area contributed by atoms with Crippen LogP contribution in [0.2, 0.25) is 0 Å². The van der Waals surface area contributed by atoms with Gasteiger partial charge >= 0.3 is 0 Å². The van der Waals surface area contributed by atoms with Crippen molar-refractivity contribution in [2.75, 3.05) is 30.5 Å². The van der Waals surface area contributed by atoms with Gasteiger partial charge in [0.2, 0.25) is 0 Å². The standard InChI is InChI=1S/C10H16BrN5O/c11-8-9(14-6-15-10(8)16-12)13-5-7-1-3-17-4-2-7/h6-7H,1-5,12H2,(H2,13,14,15,16). The summed E-state index contributed by atoms with van der Waals surface area (Å²) in [5.41, 5.74) is 2.52. The van der Waals surface area contributed by atoms with Crippen molar-refractivity contribution in [2.24, 2.45) is 11.8 Å². The predicted octanol–water partition coefficient (Wildman–Crippen LogP) is 1.36. The fourth-order valence-corrected chi connectivity index (χ4v) is 2.24. The molecule has 1 saturated heterocycles. The summed E-state index contributed by atoms with van der Waals surface area (Å²) in [6.07, 6.45) is 3.67. The first-order chi connectivity index (χ1) is 8.31. The van der Waals surface area contributed by atoms with Gasteiger partial charge in [0, 0.05) is 19.8 Å². The maximum Gasteiger partial charge on any atom is 0.159 e. The van der Waals surface area contributed by atoms with Crippen LogP contribution in [0, 0.1) is 5.92 Å². The SMILES string of the molecule is NNc1ncnc(NCC2CCOCC2)c1Br. The van der Waals surface area contributed by atoms with Crippen molar-refractivity contribution in [3.05, 3.63) is 10.8 Å². The largest absolute Gasteiger partial charge is 0.381 e. The van der Waals surface area contributed by atoms with Crippen molar-refractivity contribution in [2.45, 2.75) is 12.8 Å². The van der Waals surface area contributed by atoms with Crippen molar-refractivity contribution < 1.29 is 4.74 Å². The fraction of sp³-hybridized carbons (Fsp3) is 0.600. The predicted molar refractivity (Wildman–Crippen MR) is 69.6 cm³/mol. The number of nitrogens with one attached hydrogen (secondary N) is 2. The Morgan fingerprint density at radius 3 is 2.76 bits per heavy atom. The van der Waals surface area contributed by atoms with Crippen LogP contribution in [0.1, 0.15) is 12.8 Å². The Morgan fingerprint density at radius 1 is 1.35 bits per heavy atom. The maximum absolute atomic E-state index is 5.34. The van der Waals surface area contributed by atoms with E-state index in [1.807, 2.05) is 0 Å². The van der Waals surface area contributed by atoms with E-state index < -0.39 is 0 Å². The quantitative estimate of drug-likeness (QED) is 0.575. The molecular formula is C10H16BrN5O. The molecule has 1 aliphatic rings. The zero-order valence-corrected chi connectivity index (χ0v) is 11.0. The molecule has 0 atom stereocenters. The number of rotatable bonds is 4. The lowest BCUT2D eigenvalue weighted by Gasteiger charge is -2.22. The third kappa shape index (κ3) is 3.27. The monoisotopic (exact) mass is 301 g/mol. The molecule has 4 N–H and O–H groups in total. The number of nitrogen functional groups attached to an aromatic ring is 1. The highest BCUT2D eigenvalue weighted by molar-refractivity contribution is 9.10. The zero-order valence-electron chi connectivity index (χ0n) is 9.45. The first-order valence-electron chi connectivity index (χ1n) is 5.60. The van der Waals surface area contributed by atoms with E-state index >= 15 is 0 Å². The number of halogens is 1. The minimum Gasteiger partial charge on any atom is -0.381 e. The van der Waals surface area contributed by atoms with Crippen LogP contribution in [0.5, 0.6) is 0 Å². The molecule has 1 aromatic heterocycles. The number of hydrogen-bond acceptors (Lipinski definition) is 6. The van der Waals surface area contributed by atoms with E-state index in [1.54, 1.807) is 0 Å². The summed E-state index contributed by atoms with van der Waals surface area (Å²) >= 11 is 3.41. The van der Waals surface area contributed by atoms with Crippen LogP contribution >= 0.6 is 15.9 Å². The maximum atomic E-state index is 5.34. The summed E-state index contributed by atoms with van der Waals surface area (Å²) in [6.45, 7) is 2.60. The van der Waals surface area contributed by atoms with Crippen LogP contribution in [0.25, 0.3) is 0 Å². The third-order valence-electron chi connectivity index (χ3n) is 2.83. The van der Waals surface area contributed by atoms with Gasteiger partial charge in [0.05, 0.1) is 0 Å². The summed E-state index contributed by atoms with van der Waals surface area (Å²) in [5.74, 6) is 7.32. The van der Waals surface area contributed by atoms with Crippen LogP contribution in [-0.4, -0.2) is 29.7 Å². The molecule has 17 heavy (non-hydrogen) atoms. The Bertz CT molecular complexity index is 370. The molecule has 0 saturated carbocycles. The van der Waals surface area contributed by atoms with E-state index in [0.717, 1.165) is 42.9 Å². The Morgan fingerprint density at radius 2 is 2.06 bits per heavy atom. The molecule has 0 radical (unpaired) electrons. The first-order valence-corrected chi connectivity index (χ1v) is 6.39. The molecule has 0 unspecified atom stereocenters. The Balaban J connectivity index is 1.93. The van der Waals surface area contributed by atoms with Crippen molar-refractivity contribution in [3.63, 3.8) is 0 Å². The van der Waals surface area contributed by atoms with E-state index in [4.69, 9.17) is 10.6 Å². The van der Waals surface area contributed by atoms with Crippen molar-refractivity contribution in [1.29, 1.82) is 0 Å². The molecule has 1 fully saturated rings. The molecule has 1 aliphatic heterocycles. The zero-order chi connectivity index (χ0) is 12.1. The Kier molecular flexibility index (Phi) is 4.52. The van der Waals surface area contributed by atoms with Crippen LogP contribution < -0.4 is 16.6 Å². The molecule has 0 aliphatic carbocycles. The third-order valence-corrected chi connectivity index (χ3v) is 3.58. The number of ether oxygens (including phenoxy) is 1. The van der Waals surface area contributed by atoms with E-state index in [0.29, 0.717) is 11.7 Å². The number of anilines is 2. The summed E-state index contributed by atoms with van der Waals surface area (Å²) in [6, 6.07) is 0. The average molecular weight is 302 g/mol. The highest BCUT2D eigenvalue weighted by atomic mass is 79.9. The van der Waals surface area contributed by atoms with Crippen molar-refractivity contribution >= 4 is 27.6 Å². The molecule has 0 aromatic carbocycles. The molecular weight excluding hydrogens is 286 g/mol. The van der Waals surface area contributed by atoms with Gasteiger partial charge in [-0.2, -0.15) is 0 Å². The lowest BCUT2D eigenvalue weighted by molar-refractivity contribution is 0.0699. The van der Waals surface area contributed by atoms with Gasteiger partial charge in [-0.1, -0.05) is 0 Å². The Labute approximate surface area is 108 Å². The van der Waals surface area contributed by atoms with E-state index in [-0.39, 0.29) is 0 Å². The topological polar surface area (TPSA) is 85.1 Å². The highest BCUT2D eigenvalue weighted by Gasteiger charge is 2.15. The molecule has 2 heterocycles. The molecule has 6 nitrogen and oxygen atoms in total. The number of hydrazine groups is 1. The normalized spacial score (nSPS) is 16.8. The molecule has 0 bridgehead atoms. The number of aromatic nitrogens is 2. The molecule has 0 spiro atoms. The fourth-order valence-electron chi connectivity index (χ4n) is 1.79. The van der Waals surface area contributed by atoms with Gasteiger partial charge in [-0.3, -0.25) is 0 Å². The minimum atomic E-state index is 0.578. The van der Waals surface area contributed by atoms with Crippen molar-refractivity contribution in [3.8, 4) is 0 Å². The summed E-state index contributed by atoms with van der Waals surface area (Å²) in [5, 5.41) is 3.31. The average Bonchev–Trinajstić information content (AvgIpc) is 2.39. The van der Waals surface area contributed by atoms with Gasteiger partial charge < -0.3 is 15.5 Å². The van der Waals surface area contributed by atoms with Crippen molar-refractivity contribution in [1.82, 2.24) is 9.97 Å². The van der Waals surface area contributed by atoms with Gasteiger partial charge in [0.15, 0.2) is 5.82 Å². The van der Waals surface area contributed by atoms with Gasteiger partial charge in [0.25, 0.3) is 0 Å². The van der Waals surface area contributed by atoms with Crippen LogP contribution in [0.3, 0.4) is 0 Å². The van der Waals surface area contributed by atoms with Crippen LogP contribution in [0.4, 0.5) is 11.6 Å². The van der Waals surface area contributed by atoms with E-state index in [1.165, 1.54) is 6.33 Å². The summed E-state index contributed by atoms with van der Waals surface area (Å²) < 4.78 is 6.08. The second-order valence-corrected chi connectivity index (χ2v) is 4.76. The molecule has 7 heteroatoms. The van der Waals surface area contributed by atoms with Crippen LogP contribution in [0.15, 0.2) is 10.8 Å². The second kappa shape index (κ2) is 6.13. The first kappa shape index (κ1) is 12.5. The molecule has 2 rings (SSSR count). The number of hydrogen-bond donors (Lipinski definition) is 3. The second-order valence-electron chi connectivity index (χ2n) is 3.97. The lowest BCUT2D eigenvalue weighted by atomic mass is 10.0. The highest BCUT2D eigenvalue weighted by Crippen LogP contribution is 2.26. The molecule has 94 valence electrons. The number of nitrogens with two attached hydrogens (primary N) is 1. The Hall–Kier alpha value is -0.920. The van der Waals surface area contributed by atoms with Gasteiger partial charge in [-0.25, -0.2) is 15.8 Å². The van der Waals surface area contributed by atoms with Crippen LogP contribution in [-0.2, 0) is 4.74 Å². The van der Waals surface area contributed by atoms with E-state index in [9.17, 15) is 0 Å². The molecule has 1 aromatic rings. The van der Waals surface area contributed by atoms with Gasteiger partial charge in [0.1, 0.15) is 16.6 Å².